The number of alkyl halides is 3. The summed E-state index contributed by atoms with van der Waals surface area (Å²) in [4.78, 5) is 0. The van der Waals surface area contributed by atoms with Crippen LogP contribution in [-0.4, -0.2) is 17.8 Å². The maximum Gasteiger partial charge on any atom is 0.399 e. The Kier molecular flexibility index (Phi) is 5.07. The number of hydrogen-bond donors (Lipinski definition) is 2. The van der Waals surface area contributed by atoms with Crippen molar-refractivity contribution in [2.45, 2.75) is 18.9 Å². The van der Waals surface area contributed by atoms with Crippen LogP contribution in [0, 0.1) is 18.3 Å². The highest BCUT2D eigenvalue weighted by Gasteiger charge is 2.41. The van der Waals surface area contributed by atoms with E-state index in [2.05, 4.69) is 0 Å². The van der Waals surface area contributed by atoms with Gasteiger partial charge >= 0.3 is 6.18 Å². The summed E-state index contributed by atoms with van der Waals surface area (Å²) in [6, 6.07) is 7.55. The van der Waals surface area contributed by atoms with Crippen LogP contribution in [0.2, 0.25) is 0 Å². The smallest absolute Gasteiger partial charge is 0.387 e. The van der Waals surface area contributed by atoms with Gasteiger partial charge < -0.3 is 5.73 Å². The molecule has 0 fully saturated rings. The number of nitrogens with two attached hydrogens (primary N) is 1. The Morgan fingerprint density at radius 2 is 2.00 bits per heavy atom. The van der Waals surface area contributed by atoms with Gasteiger partial charge in [0.15, 0.2) is 0 Å². The molecule has 1 unspecified atom stereocenters. The molecule has 0 spiro atoms. The Balaban J connectivity index is 2.55. The van der Waals surface area contributed by atoms with Crippen LogP contribution in [0.5, 0.6) is 0 Å². The molecule has 0 saturated heterocycles. The second-order valence-electron chi connectivity index (χ2n) is 3.99. The monoisotopic (exact) mass is 276 g/mol. The Labute approximate surface area is 108 Å². The summed E-state index contributed by atoms with van der Waals surface area (Å²) < 4.78 is 37.6. The van der Waals surface area contributed by atoms with Crippen LogP contribution in [0.3, 0.4) is 0 Å². The molecule has 2 nitrogen and oxygen atoms in total. The van der Waals surface area contributed by atoms with Crippen LogP contribution >= 0.6 is 11.8 Å². The van der Waals surface area contributed by atoms with E-state index in [1.165, 1.54) is 0 Å². The van der Waals surface area contributed by atoms with E-state index in [0.29, 0.717) is 5.75 Å². The molecule has 1 rings (SSSR count). The number of aryl methyl sites for hydroxylation is 1. The number of thioether (sulfide) groups is 1. The summed E-state index contributed by atoms with van der Waals surface area (Å²) in [6.07, 6.45) is -4.44. The van der Waals surface area contributed by atoms with Gasteiger partial charge in [0.05, 0.1) is 0 Å². The van der Waals surface area contributed by atoms with E-state index >= 15 is 0 Å². The number of halogens is 3. The lowest BCUT2D eigenvalue weighted by atomic mass is 10.1. The fraction of sp³-hybridized carbons (Fsp3) is 0.417. The van der Waals surface area contributed by atoms with E-state index in [1.54, 1.807) is 0 Å². The molecule has 0 aliphatic rings. The molecule has 0 saturated carbocycles. The Morgan fingerprint density at radius 1 is 1.39 bits per heavy atom. The first kappa shape index (κ1) is 14.9. The topological polar surface area (TPSA) is 49.9 Å². The maximum atomic E-state index is 12.5. The third kappa shape index (κ3) is 4.25. The van der Waals surface area contributed by atoms with Crippen molar-refractivity contribution in [3.05, 3.63) is 35.4 Å². The highest BCUT2D eigenvalue weighted by Crippen LogP contribution is 2.30. The van der Waals surface area contributed by atoms with Crippen molar-refractivity contribution in [3.8, 4) is 0 Å². The second-order valence-corrected chi connectivity index (χ2v) is 5.02. The van der Waals surface area contributed by atoms with Crippen molar-refractivity contribution in [2.24, 2.45) is 11.7 Å². The lowest BCUT2D eigenvalue weighted by Gasteiger charge is -2.18. The van der Waals surface area contributed by atoms with E-state index in [0.717, 1.165) is 22.9 Å². The first-order valence-electron chi connectivity index (χ1n) is 5.35. The molecule has 0 aliphatic heterocycles. The molecule has 0 aromatic heterocycles. The minimum absolute atomic E-state index is 0.215. The Hall–Kier alpha value is -1.17. The molecule has 1 atom stereocenters. The Morgan fingerprint density at radius 3 is 2.50 bits per heavy atom. The van der Waals surface area contributed by atoms with Crippen molar-refractivity contribution in [1.82, 2.24) is 0 Å². The van der Waals surface area contributed by atoms with Crippen LogP contribution in [-0.2, 0) is 5.75 Å². The van der Waals surface area contributed by atoms with Crippen molar-refractivity contribution in [2.75, 3.05) is 5.75 Å². The molecule has 0 aliphatic carbocycles. The lowest BCUT2D eigenvalue weighted by molar-refractivity contribution is -0.150. The summed E-state index contributed by atoms with van der Waals surface area (Å²) in [7, 11) is 0. The molecule has 0 radical (unpaired) electrons. The molecular weight excluding hydrogens is 261 g/mol. The number of hydrogen-bond acceptors (Lipinski definition) is 2. The zero-order chi connectivity index (χ0) is 13.8. The summed E-state index contributed by atoms with van der Waals surface area (Å²) in [5.41, 5.74) is 7.04. The molecule has 0 heterocycles. The van der Waals surface area contributed by atoms with Gasteiger partial charge in [-0.25, -0.2) is 0 Å². The average Bonchev–Trinajstić information content (AvgIpc) is 2.24. The van der Waals surface area contributed by atoms with Crippen molar-refractivity contribution < 1.29 is 13.2 Å². The van der Waals surface area contributed by atoms with Gasteiger partial charge in [-0.05, 0) is 18.1 Å². The van der Waals surface area contributed by atoms with Crippen LogP contribution < -0.4 is 5.73 Å². The Bertz CT molecular complexity index is 418. The molecule has 18 heavy (non-hydrogen) atoms. The van der Waals surface area contributed by atoms with Crippen molar-refractivity contribution in [3.63, 3.8) is 0 Å². The average molecular weight is 276 g/mol. The van der Waals surface area contributed by atoms with Crippen LogP contribution in [0.1, 0.15) is 11.1 Å². The van der Waals surface area contributed by atoms with Crippen molar-refractivity contribution >= 4 is 17.6 Å². The fourth-order valence-corrected chi connectivity index (χ4v) is 2.69. The predicted octanol–water partition coefficient (Wildman–Crippen LogP) is 3.34. The summed E-state index contributed by atoms with van der Waals surface area (Å²) >= 11 is 1.14. The number of amidine groups is 1. The minimum atomic E-state index is -4.44. The molecule has 1 aromatic carbocycles. The molecule has 0 bridgehead atoms. The number of benzene rings is 1. The van der Waals surface area contributed by atoms with E-state index in [4.69, 9.17) is 11.1 Å². The zero-order valence-corrected chi connectivity index (χ0v) is 10.7. The maximum absolute atomic E-state index is 12.5. The SMILES string of the molecule is Cc1ccccc1CSCC(C(=N)N)C(F)(F)F. The standard InChI is InChI=1S/C12H15F3N2S/c1-8-4-2-3-5-9(8)6-18-7-10(11(16)17)12(13,14)15/h2-5,10H,6-7H2,1H3,(H3,16,17). The first-order valence-corrected chi connectivity index (χ1v) is 6.50. The van der Waals surface area contributed by atoms with Gasteiger partial charge in [-0.1, -0.05) is 24.3 Å². The third-order valence-electron chi connectivity index (χ3n) is 2.57. The van der Waals surface area contributed by atoms with Crippen LogP contribution in [0.4, 0.5) is 13.2 Å². The molecule has 6 heteroatoms. The van der Waals surface area contributed by atoms with Gasteiger partial charge in [0.25, 0.3) is 0 Å². The van der Waals surface area contributed by atoms with Gasteiger partial charge in [0, 0.05) is 11.5 Å². The second kappa shape index (κ2) is 6.13. The first-order chi connectivity index (χ1) is 8.32. The molecule has 100 valence electrons. The normalized spacial score (nSPS) is 13.3. The fourth-order valence-electron chi connectivity index (χ4n) is 1.42. The summed E-state index contributed by atoms with van der Waals surface area (Å²) in [5.74, 6) is -2.40. The van der Waals surface area contributed by atoms with Gasteiger partial charge in [0.1, 0.15) is 11.8 Å². The van der Waals surface area contributed by atoms with E-state index < -0.39 is 17.9 Å². The van der Waals surface area contributed by atoms with E-state index in [1.807, 2.05) is 31.2 Å². The highest BCUT2D eigenvalue weighted by molar-refractivity contribution is 7.98. The van der Waals surface area contributed by atoms with E-state index in [9.17, 15) is 13.2 Å². The number of rotatable bonds is 5. The van der Waals surface area contributed by atoms with E-state index in [-0.39, 0.29) is 5.75 Å². The minimum Gasteiger partial charge on any atom is -0.387 e. The summed E-state index contributed by atoms with van der Waals surface area (Å²) in [6.45, 7) is 1.92. The predicted molar refractivity (Wildman–Crippen MR) is 68.8 cm³/mol. The quantitative estimate of drug-likeness (QED) is 0.640. The third-order valence-corrected chi connectivity index (χ3v) is 3.66. The van der Waals surface area contributed by atoms with Gasteiger partial charge in [-0.3, -0.25) is 5.41 Å². The highest BCUT2D eigenvalue weighted by atomic mass is 32.2. The van der Waals surface area contributed by atoms with Gasteiger partial charge in [0.2, 0.25) is 0 Å². The van der Waals surface area contributed by atoms with Crippen molar-refractivity contribution in [1.29, 1.82) is 5.41 Å². The zero-order valence-electron chi connectivity index (χ0n) is 9.92. The lowest BCUT2D eigenvalue weighted by Crippen LogP contribution is -2.37. The van der Waals surface area contributed by atoms with Gasteiger partial charge in [-0.15, -0.1) is 0 Å². The molecule has 1 aromatic rings. The van der Waals surface area contributed by atoms with Crippen LogP contribution in [0.25, 0.3) is 0 Å². The largest absolute Gasteiger partial charge is 0.399 e. The molecule has 0 amide bonds. The van der Waals surface area contributed by atoms with Gasteiger partial charge in [-0.2, -0.15) is 24.9 Å². The number of nitrogens with one attached hydrogen (secondary N) is 1. The van der Waals surface area contributed by atoms with Crippen LogP contribution in [0.15, 0.2) is 24.3 Å². The molecule has 3 N–H and O–H groups in total. The summed E-state index contributed by atoms with van der Waals surface area (Å²) in [5, 5.41) is 6.98. The molecular formula is C12H15F3N2S.